The first-order valence-electron chi connectivity index (χ1n) is 7.18. The Balaban J connectivity index is 2.33. The van der Waals surface area contributed by atoms with E-state index < -0.39 is 21.8 Å². The minimum Gasteiger partial charge on any atom is -0.335 e. The Morgan fingerprint density at radius 3 is 2.28 bits per heavy atom. The van der Waals surface area contributed by atoms with Crippen molar-refractivity contribution in [1.29, 1.82) is 0 Å². The highest BCUT2D eigenvalue weighted by molar-refractivity contribution is 14.1. The van der Waals surface area contributed by atoms with E-state index in [9.17, 15) is 25.0 Å². The smallest absolute Gasteiger partial charge is 0.270 e. The molecular weight excluding hydrogens is 441 g/mol. The predicted molar refractivity (Wildman–Crippen MR) is 99.4 cm³/mol. The van der Waals surface area contributed by atoms with Gasteiger partial charge in [0.15, 0.2) is 0 Å². The average molecular weight is 455 g/mol. The first-order chi connectivity index (χ1) is 11.7. The van der Waals surface area contributed by atoms with Crippen LogP contribution >= 0.6 is 22.6 Å². The zero-order chi connectivity index (χ0) is 18.7. The first kappa shape index (κ1) is 18.8. The van der Waals surface area contributed by atoms with Crippen molar-refractivity contribution in [2.45, 2.75) is 13.0 Å². The monoisotopic (exact) mass is 455 g/mol. The van der Waals surface area contributed by atoms with Gasteiger partial charge in [-0.2, -0.15) is 0 Å². The van der Waals surface area contributed by atoms with Crippen molar-refractivity contribution in [3.05, 3.63) is 77.4 Å². The standard InChI is InChI=1S/C16H14IN3O5/c1-10(11-4-3-5-12(8-11)19(22)23)18(2)16(21)14-9-13(20(24)25)6-7-15(14)17/h3-10H,1-2H3. The lowest BCUT2D eigenvalue weighted by Gasteiger charge is -2.25. The van der Waals surface area contributed by atoms with Crippen LogP contribution in [0.1, 0.15) is 28.9 Å². The second-order valence-corrected chi connectivity index (χ2v) is 6.53. The van der Waals surface area contributed by atoms with Gasteiger partial charge in [0.25, 0.3) is 17.3 Å². The molecule has 0 radical (unpaired) electrons. The Kier molecular flexibility index (Phi) is 5.67. The van der Waals surface area contributed by atoms with Gasteiger partial charge in [0.05, 0.1) is 21.5 Å². The van der Waals surface area contributed by atoms with Crippen LogP contribution in [-0.2, 0) is 0 Å². The first-order valence-corrected chi connectivity index (χ1v) is 8.25. The molecule has 2 rings (SSSR count). The zero-order valence-electron chi connectivity index (χ0n) is 13.4. The minimum atomic E-state index is -0.559. The molecule has 9 heteroatoms. The van der Waals surface area contributed by atoms with E-state index in [0.717, 1.165) is 0 Å². The van der Waals surface area contributed by atoms with Gasteiger partial charge in [0.1, 0.15) is 0 Å². The minimum absolute atomic E-state index is 0.0601. The average Bonchev–Trinajstić information content (AvgIpc) is 2.60. The van der Waals surface area contributed by atoms with E-state index in [0.29, 0.717) is 9.13 Å². The highest BCUT2D eigenvalue weighted by Gasteiger charge is 2.23. The van der Waals surface area contributed by atoms with Crippen molar-refractivity contribution in [1.82, 2.24) is 4.90 Å². The van der Waals surface area contributed by atoms with Crippen molar-refractivity contribution in [3.8, 4) is 0 Å². The summed E-state index contributed by atoms with van der Waals surface area (Å²) in [6.45, 7) is 1.74. The second kappa shape index (κ2) is 7.55. The molecule has 0 aliphatic rings. The lowest BCUT2D eigenvalue weighted by atomic mass is 10.1. The quantitative estimate of drug-likeness (QED) is 0.386. The van der Waals surface area contributed by atoms with Crippen molar-refractivity contribution in [2.24, 2.45) is 0 Å². The molecular formula is C16H14IN3O5. The molecule has 1 atom stereocenters. The third-order valence-electron chi connectivity index (χ3n) is 3.86. The molecule has 0 aliphatic carbocycles. The van der Waals surface area contributed by atoms with Crippen LogP contribution in [0, 0.1) is 23.8 Å². The van der Waals surface area contributed by atoms with Crippen LogP contribution in [0.3, 0.4) is 0 Å². The van der Waals surface area contributed by atoms with Crippen molar-refractivity contribution < 1.29 is 14.6 Å². The summed E-state index contributed by atoms with van der Waals surface area (Å²) in [6, 6.07) is 9.68. The van der Waals surface area contributed by atoms with E-state index in [2.05, 4.69) is 0 Å². The fraction of sp³-hybridized carbons (Fsp3) is 0.188. The molecule has 1 unspecified atom stereocenters. The molecule has 0 aromatic heterocycles. The number of carbonyl (C=O) groups is 1. The topological polar surface area (TPSA) is 107 Å². The predicted octanol–water partition coefficient (Wildman–Crippen LogP) is 3.94. The third-order valence-corrected chi connectivity index (χ3v) is 4.80. The number of amides is 1. The largest absolute Gasteiger partial charge is 0.335 e. The second-order valence-electron chi connectivity index (χ2n) is 5.37. The number of nitrogens with zero attached hydrogens (tertiary/aromatic N) is 3. The normalized spacial score (nSPS) is 11.6. The molecule has 0 fully saturated rings. The molecule has 0 aliphatic heterocycles. The van der Waals surface area contributed by atoms with Crippen LogP contribution in [0.5, 0.6) is 0 Å². The molecule has 8 nitrogen and oxygen atoms in total. The van der Waals surface area contributed by atoms with Gasteiger partial charge in [-0.15, -0.1) is 0 Å². The van der Waals surface area contributed by atoms with E-state index >= 15 is 0 Å². The molecule has 0 spiro atoms. The van der Waals surface area contributed by atoms with E-state index in [1.54, 1.807) is 26.1 Å². The van der Waals surface area contributed by atoms with Crippen molar-refractivity contribution in [3.63, 3.8) is 0 Å². The lowest BCUT2D eigenvalue weighted by Crippen LogP contribution is -2.30. The van der Waals surface area contributed by atoms with Gasteiger partial charge in [-0.05, 0) is 41.1 Å². The Labute approximate surface area is 156 Å². The van der Waals surface area contributed by atoms with E-state index in [-0.39, 0.29) is 16.9 Å². The number of non-ortho nitro benzene ring substituents is 2. The van der Waals surface area contributed by atoms with Crippen LogP contribution in [0.4, 0.5) is 11.4 Å². The number of nitro groups is 2. The van der Waals surface area contributed by atoms with Crippen LogP contribution in [0.25, 0.3) is 0 Å². The SMILES string of the molecule is CC(c1cccc([N+](=O)[O-])c1)N(C)C(=O)c1cc([N+](=O)[O-])ccc1I. The van der Waals surface area contributed by atoms with E-state index in [1.807, 2.05) is 22.6 Å². The van der Waals surface area contributed by atoms with E-state index in [1.165, 1.54) is 35.2 Å². The van der Waals surface area contributed by atoms with Gasteiger partial charge >= 0.3 is 0 Å². The third kappa shape index (κ3) is 4.10. The van der Waals surface area contributed by atoms with Gasteiger partial charge in [-0.1, -0.05) is 12.1 Å². The fourth-order valence-corrected chi connectivity index (χ4v) is 2.84. The summed E-state index contributed by atoms with van der Waals surface area (Å²) in [7, 11) is 1.56. The molecule has 25 heavy (non-hydrogen) atoms. The summed E-state index contributed by atoms with van der Waals surface area (Å²) in [5, 5.41) is 21.8. The Hall–Kier alpha value is -2.56. The lowest BCUT2D eigenvalue weighted by molar-refractivity contribution is -0.385. The molecule has 2 aromatic carbocycles. The Morgan fingerprint density at radius 2 is 1.68 bits per heavy atom. The summed E-state index contributed by atoms with van der Waals surface area (Å²) in [6.07, 6.45) is 0. The summed E-state index contributed by atoms with van der Waals surface area (Å²) in [5.74, 6) is -0.396. The number of nitro benzene ring substituents is 2. The van der Waals surface area contributed by atoms with Crippen LogP contribution in [0.2, 0.25) is 0 Å². The highest BCUT2D eigenvalue weighted by Crippen LogP contribution is 2.27. The maximum Gasteiger partial charge on any atom is 0.270 e. The summed E-state index contributed by atoms with van der Waals surface area (Å²) in [5.41, 5.74) is 0.593. The molecule has 1 amide bonds. The number of benzene rings is 2. The number of halogens is 1. The van der Waals surface area contributed by atoms with Gasteiger partial charge in [0.2, 0.25) is 0 Å². The molecule has 130 valence electrons. The van der Waals surface area contributed by atoms with Crippen molar-refractivity contribution >= 4 is 39.9 Å². The number of hydrogen-bond acceptors (Lipinski definition) is 5. The van der Waals surface area contributed by atoms with Gasteiger partial charge < -0.3 is 4.90 Å². The number of rotatable bonds is 5. The summed E-state index contributed by atoms with van der Waals surface area (Å²) in [4.78, 5) is 34.9. The van der Waals surface area contributed by atoms with Crippen LogP contribution in [-0.4, -0.2) is 27.7 Å². The Bertz CT molecular complexity index is 855. The summed E-state index contributed by atoms with van der Waals surface area (Å²) >= 11 is 1.94. The van der Waals surface area contributed by atoms with Gasteiger partial charge in [-0.3, -0.25) is 25.0 Å². The maximum absolute atomic E-state index is 12.7. The van der Waals surface area contributed by atoms with Gasteiger partial charge in [-0.25, -0.2) is 0 Å². The summed E-state index contributed by atoms with van der Waals surface area (Å²) < 4.78 is 0.589. The maximum atomic E-state index is 12.7. The molecule has 0 saturated carbocycles. The molecule has 0 bridgehead atoms. The molecule has 0 saturated heterocycles. The molecule has 0 heterocycles. The fourth-order valence-electron chi connectivity index (χ4n) is 2.28. The van der Waals surface area contributed by atoms with Gasteiger partial charge in [0, 0.05) is 34.9 Å². The molecule has 2 aromatic rings. The van der Waals surface area contributed by atoms with Crippen molar-refractivity contribution in [2.75, 3.05) is 7.05 Å². The highest BCUT2D eigenvalue weighted by atomic mass is 127. The number of hydrogen-bond donors (Lipinski definition) is 0. The Morgan fingerprint density at radius 1 is 1.08 bits per heavy atom. The number of carbonyl (C=O) groups excluding carboxylic acids is 1. The van der Waals surface area contributed by atoms with Crippen LogP contribution in [0.15, 0.2) is 42.5 Å². The van der Waals surface area contributed by atoms with Crippen LogP contribution < -0.4 is 0 Å². The zero-order valence-corrected chi connectivity index (χ0v) is 15.5. The molecule has 0 N–H and O–H groups in total. The van der Waals surface area contributed by atoms with E-state index in [4.69, 9.17) is 0 Å².